The van der Waals surface area contributed by atoms with Crippen molar-refractivity contribution in [3.05, 3.63) is 24.0 Å². The van der Waals surface area contributed by atoms with Crippen LogP contribution in [0.15, 0.2) is 18.3 Å². The maximum atomic E-state index is 11.1. The largest absolute Gasteiger partial charge is 0.374 e. The summed E-state index contributed by atoms with van der Waals surface area (Å²) in [5, 5.41) is 3.28. The van der Waals surface area contributed by atoms with E-state index in [1.807, 2.05) is 18.0 Å². The number of pyridine rings is 1. The van der Waals surface area contributed by atoms with Gasteiger partial charge in [0.2, 0.25) is 0 Å². The third-order valence-corrected chi connectivity index (χ3v) is 2.92. The number of anilines is 1. The van der Waals surface area contributed by atoms with Crippen molar-refractivity contribution in [2.75, 3.05) is 38.2 Å². The second-order valence-electron chi connectivity index (χ2n) is 4.34. The molecule has 0 bridgehead atoms. The van der Waals surface area contributed by atoms with Crippen molar-refractivity contribution >= 4 is 11.6 Å². The first-order valence-electron chi connectivity index (χ1n) is 5.96. The Morgan fingerprint density at radius 3 is 3.22 bits per heavy atom. The van der Waals surface area contributed by atoms with Crippen molar-refractivity contribution in [2.24, 2.45) is 5.73 Å². The Bertz CT molecular complexity index is 418. The summed E-state index contributed by atoms with van der Waals surface area (Å²) in [4.78, 5) is 17.0. The standard InChI is InChI=1S/C12H18N4O2/c1-16(8-10-7-14-4-5-18-10)9-2-3-15-11(6-9)12(13)17/h2-3,6,10,14H,4-5,7-8H2,1H3,(H2,13,17). The lowest BCUT2D eigenvalue weighted by Gasteiger charge is -2.29. The van der Waals surface area contributed by atoms with Gasteiger partial charge in [-0.1, -0.05) is 0 Å². The predicted molar refractivity (Wildman–Crippen MR) is 68.6 cm³/mol. The number of rotatable bonds is 4. The van der Waals surface area contributed by atoms with E-state index in [9.17, 15) is 4.79 Å². The van der Waals surface area contributed by atoms with Crippen LogP contribution in [0, 0.1) is 0 Å². The van der Waals surface area contributed by atoms with Crippen molar-refractivity contribution < 1.29 is 9.53 Å². The number of carbonyl (C=O) groups is 1. The van der Waals surface area contributed by atoms with Gasteiger partial charge in [0.05, 0.1) is 12.7 Å². The molecule has 6 heteroatoms. The molecule has 2 rings (SSSR count). The lowest BCUT2D eigenvalue weighted by molar-refractivity contribution is 0.0340. The Balaban J connectivity index is 2.01. The van der Waals surface area contributed by atoms with E-state index in [1.165, 1.54) is 0 Å². The summed E-state index contributed by atoms with van der Waals surface area (Å²) in [7, 11) is 1.96. The van der Waals surface area contributed by atoms with Crippen LogP contribution in [0.4, 0.5) is 5.69 Å². The molecule has 6 nitrogen and oxygen atoms in total. The minimum absolute atomic E-state index is 0.161. The number of aromatic nitrogens is 1. The number of primary amides is 1. The van der Waals surface area contributed by atoms with Gasteiger partial charge in [0.25, 0.3) is 5.91 Å². The van der Waals surface area contributed by atoms with E-state index in [4.69, 9.17) is 10.5 Å². The van der Waals surface area contributed by atoms with Crippen LogP contribution in [0.25, 0.3) is 0 Å². The summed E-state index contributed by atoms with van der Waals surface area (Å²) >= 11 is 0. The van der Waals surface area contributed by atoms with Gasteiger partial charge in [-0.2, -0.15) is 0 Å². The molecule has 98 valence electrons. The molecule has 0 aromatic carbocycles. The summed E-state index contributed by atoms with van der Waals surface area (Å²) < 4.78 is 5.64. The molecular weight excluding hydrogens is 232 g/mol. The highest BCUT2D eigenvalue weighted by atomic mass is 16.5. The Morgan fingerprint density at radius 1 is 1.72 bits per heavy atom. The van der Waals surface area contributed by atoms with Gasteiger partial charge in [0, 0.05) is 38.6 Å². The van der Waals surface area contributed by atoms with Crippen molar-refractivity contribution in [1.29, 1.82) is 0 Å². The van der Waals surface area contributed by atoms with E-state index >= 15 is 0 Å². The predicted octanol–water partition coefficient (Wildman–Crippen LogP) is -0.395. The van der Waals surface area contributed by atoms with Crippen LogP contribution in [0.3, 0.4) is 0 Å². The third kappa shape index (κ3) is 3.18. The molecule has 1 aromatic heterocycles. The van der Waals surface area contributed by atoms with Gasteiger partial charge in [0.15, 0.2) is 0 Å². The first-order chi connectivity index (χ1) is 8.66. The molecule has 1 saturated heterocycles. The number of nitrogens with one attached hydrogen (secondary N) is 1. The Kier molecular flexibility index (Phi) is 4.11. The zero-order valence-electron chi connectivity index (χ0n) is 10.4. The highest BCUT2D eigenvalue weighted by Gasteiger charge is 2.16. The first kappa shape index (κ1) is 12.8. The van der Waals surface area contributed by atoms with Crippen LogP contribution >= 0.6 is 0 Å². The first-order valence-corrected chi connectivity index (χ1v) is 5.96. The fraction of sp³-hybridized carbons (Fsp3) is 0.500. The fourth-order valence-corrected chi connectivity index (χ4v) is 1.94. The summed E-state index contributed by atoms with van der Waals surface area (Å²) in [6, 6.07) is 3.54. The lowest BCUT2D eigenvalue weighted by atomic mass is 10.2. The molecule has 2 heterocycles. The Hall–Kier alpha value is -1.66. The molecule has 3 N–H and O–H groups in total. The summed E-state index contributed by atoms with van der Waals surface area (Å²) in [6.45, 7) is 3.25. The van der Waals surface area contributed by atoms with Crippen LogP contribution in [-0.4, -0.2) is 50.3 Å². The third-order valence-electron chi connectivity index (χ3n) is 2.92. The molecule has 1 aliphatic heterocycles. The van der Waals surface area contributed by atoms with Crippen LogP contribution in [0.5, 0.6) is 0 Å². The maximum Gasteiger partial charge on any atom is 0.267 e. The van der Waals surface area contributed by atoms with Crippen molar-refractivity contribution in [3.8, 4) is 0 Å². The number of nitrogens with two attached hydrogens (primary N) is 1. The van der Waals surface area contributed by atoms with Gasteiger partial charge in [0.1, 0.15) is 5.69 Å². The van der Waals surface area contributed by atoms with Crippen molar-refractivity contribution in [1.82, 2.24) is 10.3 Å². The molecule has 1 aliphatic rings. The van der Waals surface area contributed by atoms with Crippen LogP contribution in [0.1, 0.15) is 10.5 Å². The molecule has 1 fully saturated rings. The molecule has 0 saturated carbocycles. The zero-order chi connectivity index (χ0) is 13.0. The van der Waals surface area contributed by atoms with E-state index < -0.39 is 5.91 Å². The van der Waals surface area contributed by atoms with Gasteiger partial charge < -0.3 is 20.7 Å². The zero-order valence-corrected chi connectivity index (χ0v) is 10.4. The second-order valence-corrected chi connectivity index (χ2v) is 4.34. The molecule has 1 aromatic rings. The minimum Gasteiger partial charge on any atom is -0.374 e. The summed E-state index contributed by atoms with van der Waals surface area (Å²) in [5.74, 6) is -0.513. The summed E-state index contributed by atoms with van der Waals surface area (Å²) in [5.41, 5.74) is 6.40. The van der Waals surface area contributed by atoms with Crippen LogP contribution in [0.2, 0.25) is 0 Å². The average molecular weight is 250 g/mol. The SMILES string of the molecule is CN(CC1CNCCO1)c1ccnc(C(N)=O)c1. The molecule has 1 unspecified atom stereocenters. The number of hydrogen-bond acceptors (Lipinski definition) is 5. The quantitative estimate of drug-likeness (QED) is 0.760. The molecular formula is C12H18N4O2. The number of hydrogen-bond donors (Lipinski definition) is 2. The van der Waals surface area contributed by atoms with Crippen LogP contribution < -0.4 is 16.0 Å². The Labute approximate surface area is 106 Å². The highest BCUT2D eigenvalue weighted by Crippen LogP contribution is 2.14. The van der Waals surface area contributed by atoms with Gasteiger partial charge >= 0.3 is 0 Å². The topological polar surface area (TPSA) is 80.5 Å². The number of amides is 1. The van der Waals surface area contributed by atoms with Gasteiger partial charge in [-0.25, -0.2) is 0 Å². The normalized spacial score (nSPS) is 19.5. The van der Waals surface area contributed by atoms with E-state index in [2.05, 4.69) is 10.3 Å². The number of nitrogens with zero attached hydrogens (tertiary/aromatic N) is 2. The van der Waals surface area contributed by atoms with E-state index in [0.29, 0.717) is 0 Å². The average Bonchev–Trinajstić information content (AvgIpc) is 2.40. The molecule has 0 radical (unpaired) electrons. The molecule has 0 aliphatic carbocycles. The van der Waals surface area contributed by atoms with Crippen molar-refractivity contribution in [3.63, 3.8) is 0 Å². The van der Waals surface area contributed by atoms with Gasteiger partial charge in [-0.3, -0.25) is 9.78 Å². The number of likely N-dealkylation sites (N-methyl/N-ethyl adjacent to an activating group) is 1. The number of ether oxygens (including phenoxy) is 1. The highest BCUT2D eigenvalue weighted by molar-refractivity contribution is 5.91. The Morgan fingerprint density at radius 2 is 2.56 bits per heavy atom. The maximum absolute atomic E-state index is 11.1. The van der Waals surface area contributed by atoms with E-state index in [-0.39, 0.29) is 11.8 Å². The molecule has 18 heavy (non-hydrogen) atoms. The van der Waals surface area contributed by atoms with Crippen LogP contribution in [-0.2, 0) is 4.74 Å². The molecule has 0 spiro atoms. The number of carbonyl (C=O) groups excluding carboxylic acids is 1. The summed E-state index contributed by atoms with van der Waals surface area (Å²) in [6.07, 6.45) is 1.75. The fourth-order valence-electron chi connectivity index (χ4n) is 1.94. The van der Waals surface area contributed by atoms with E-state index in [0.717, 1.165) is 31.9 Å². The number of morpholine rings is 1. The monoisotopic (exact) mass is 250 g/mol. The molecule has 1 amide bonds. The smallest absolute Gasteiger partial charge is 0.267 e. The van der Waals surface area contributed by atoms with Crippen molar-refractivity contribution in [2.45, 2.75) is 6.10 Å². The minimum atomic E-state index is -0.513. The second kappa shape index (κ2) is 5.79. The lowest BCUT2D eigenvalue weighted by Crippen LogP contribution is -2.44. The van der Waals surface area contributed by atoms with Gasteiger partial charge in [-0.05, 0) is 12.1 Å². The van der Waals surface area contributed by atoms with E-state index in [1.54, 1.807) is 12.3 Å². The molecule has 1 atom stereocenters. The van der Waals surface area contributed by atoms with Gasteiger partial charge in [-0.15, -0.1) is 0 Å².